The van der Waals surface area contributed by atoms with Gasteiger partial charge in [0.2, 0.25) is 0 Å². The Labute approximate surface area is 198 Å². The van der Waals surface area contributed by atoms with Crippen LogP contribution in [0, 0.1) is 0 Å². The first kappa shape index (κ1) is 21.5. The molecule has 0 unspecified atom stereocenters. The van der Waals surface area contributed by atoms with E-state index < -0.39 is 0 Å². The topological polar surface area (TPSA) is 70.6 Å². The number of benzene rings is 1. The van der Waals surface area contributed by atoms with Crippen molar-refractivity contribution in [3.63, 3.8) is 0 Å². The van der Waals surface area contributed by atoms with E-state index in [0.717, 1.165) is 30.2 Å². The highest BCUT2D eigenvalue weighted by atomic mass is 35.5. The molecule has 1 fully saturated rings. The van der Waals surface area contributed by atoms with Crippen LogP contribution in [-0.2, 0) is 13.0 Å². The zero-order valence-electron chi connectivity index (χ0n) is 18.8. The van der Waals surface area contributed by atoms with Gasteiger partial charge < -0.3 is 19.9 Å². The summed E-state index contributed by atoms with van der Waals surface area (Å²) in [5.41, 5.74) is 5.69. The molecular formula is C25H26ClN5O2. The van der Waals surface area contributed by atoms with Crippen molar-refractivity contribution in [2.75, 3.05) is 37.5 Å². The van der Waals surface area contributed by atoms with Crippen LogP contribution in [0.3, 0.4) is 0 Å². The van der Waals surface area contributed by atoms with Crippen LogP contribution in [0.2, 0.25) is 5.02 Å². The first-order valence-electron chi connectivity index (χ1n) is 11.1. The van der Waals surface area contributed by atoms with Gasteiger partial charge in [0.15, 0.2) is 5.75 Å². The van der Waals surface area contributed by atoms with Gasteiger partial charge >= 0.3 is 0 Å². The number of aromatic nitrogens is 2. The zero-order chi connectivity index (χ0) is 22.9. The molecule has 4 heterocycles. The van der Waals surface area contributed by atoms with Crippen LogP contribution in [0.5, 0.6) is 5.75 Å². The number of fused-ring (bicyclic) bond motifs is 1. The second-order valence-corrected chi connectivity index (χ2v) is 8.88. The number of halogens is 1. The van der Waals surface area contributed by atoms with Crippen molar-refractivity contribution in [2.24, 2.45) is 0 Å². The maximum absolute atomic E-state index is 12.8. The lowest BCUT2D eigenvalue weighted by molar-refractivity contribution is 0.0817. The molecule has 0 atom stereocenters. The highest BCUT2D eigenvalue weighted by Crippen LogP contribution is 2.37. The van der Waals surface area contributed by atoms with E-state index in [0.29, 0.717) is 40.7 Å². The van der Waals surface area contributed by atoms with Gasteiger partial charge in [-0.1, -0.05) is 17.7 Å². The summed E-state index contributed by atoms with van der Waals surface area (Å²) in [6.45, 7) is 2.67. The summed E-state index contributed by atoms with van der Waals surface area (Å²) in [6.07, 6.45) is 5.00. The summed E-state index contributed by atoms with van der Waals surface area (Å²) < 4.78 is 5.48. The second-order valence-electron chi connectivity index (χ2n) is 8.47. The predicted octanol–water partition coefficient (Wildman–Crippen LogP) is 4.66. The molecule has 170 valence electrons. The molecule has 2 aliphatic heterocycles. The minimum absolute atomic E-state index is 0.0550. The third kappa shape index (κ3) is 4.20. The lowest BCUT2D eigenvalue weighted by Gasteiger charge is -2.17. The van der Waals surface area contributed by atoms with Crippen molar-refractivity contribution in [2.45, 2.75) is 25.8 Å². The molecule has 5 rings (SSSR count). The lowest BCUT2D eigenvalue weighted by Crippen LogP contribution is -2.18. The SMILES string of the molecule is COc1c(Cl)cccc1Nc1cc(Cc2ccc(N3CCCC3)cn2)nc2c1C(=O)N(C)C2. The van der Waals surface area contributed by atoms with Gasteiger partial charge in [-0.2, -0.15) is 0 Å². The standard InChI is InChI=1S/C25H26ClN5O2/c1-30-15-22-23(25(30)32)21(29-20-7-5-6-19(26)24(20)33-2)13-17(28-22)12-16-8-9-18(14-27-16)31-10-3-4-11-31/h5-9,13-14H,3-4,10-12,15H2,1-2H3,(H,28,29). The van der Waals surface area contributed by atoms with Crippen molar-refractivity contribution in [3.05, 3.63) is 70.3 Å². The Morgan fingerprint density at radius 3 is 2.67 bits per heavy atom. The first-order chi connectivity index (χ1) is 16.0. The van der Waals surface area contributed by atoms with Gasteiger partial charge in [0, 0.05) is 37.9 Å². The highest BCUT2D eigenvalue weighted by Gasteiger charge is 2.30. The van der Waals surface area contributed by atoms with Crippen molar-refractivity contribution in [1.29, 1.82) is 0 Å². The molecule has 2 aliphatic rings. The highest BCUT2D eigenvalue weighted by molar-refractivity contribution is 6.32. The fourth-order valence-electron chi connectivity index (χ4n) is 4.51. The van der Waals surface area contributed by atoms with Crippen molar-refractivity contribution >= 4 is 34.6 Å². The molecule has 3 aromatic rings. The fourth-order valence-corrected chi connectivity index (χ4v) is 4.77. The van der Waals surface area contributed by atoms with Crippen LogP contribution in [0.1, 0.15) is 40.3 Å². The van der Waals surface area contributed by atoms with Crippen LogP contribution >= 0.6 is 11.6 Å². The second kappa shape index (κ2) is 8.90. The number of anilines is 3. The molecule has 0 aliphatic carbocycles. The van der Waals surface area contributed by atoms with E-state index >= 15 is 0 Å². The van der Waals surface area contributed by atoms with E-state index in [-0.39, 0.29) is 5.91 Å². The normalized spacial score (nSPS) is 15.2. The summed E-state index contributed by atoms with van der Waals surface area (Å²) in [5, 5.41) is 3.86. The van der Waals surface area contributed by atoms with E-state index in [4.69, 9.17) is 21.3 Å². The third-order valence-corrected chi connectivity index (χ3v) is 6.48. The molecule has 33 heavy (non-hydrogen) atoms. The largest absolute Gasteiger partial charge is 0.493 e. The number of amides is 1. The monoisotopic (exact) mass is 463 g/mol. The van der Waals surface area contributed by atoms with E-state index in [1.165, 1.54) is 18.5 Å². The molecule has 1 aromatic carbocycles. The van der Waals surface area contributed by atoms with Gasteiger partial charge in [0.25, 0.3) is 5.91 Å². The average molecular weight is 464 g/mol. The maximum atomic E-state index is 12.8. The third-order valence-electron chi connectivity index (χ3n) is 6.18. The fraction of sp³-hybridized carbons (Fsp3) is 0.320. The first-order valence-corrected chi connectivity index (χ1v) is 11.5. The minimum Gasteiger partial charge on any atom is -0.493 e. The van der Waals surface area contributed by atoms with Crippen LogP contribution in [0.4, 0.5) is 17.1 Å². The maximum Gasteiger partial charge on any atom is 0.257 e. The van der Waals surface area contributed by atoms with Crippen LogP contribution < -0.4 is 15.0 Å². The molecule has 1 N–H and O–H groups in total. The summed E-state index contributed by atoms with van der Waals surface area (Å²) in [6, 6.07) is 11.6. The quantitative estimate of drug-likeness (QED) is 0.573. The number of pyridine rings is 2. The number of methoxy groups -OCH3 is 1. The summed E-state index contributed by atoms with van der Waals surface area (Å²) in [7, 11) is 3.36. The number of ether oxygens (including phenoxy) is 1. The Bertz CT molecular complexity index is 1190. The molecule has 0 spiro atoms. The Morgan fingerprint density at radius 1 is 1.12 bits per heavy atom. The Balaban J connectivity index is 1.46. The average Bonchev–Trinajstić information content (AvgIpc) is 3.43. The number of hydrogen-bond donors (Lipinski definition) is 1. The Hall–Kier alpha value is -3.32. The van der Waals surface area contributed by atoms with Crippen molar-refractivity contribution < 1.29 is 9.53 Å². The van der Waals surface area contributed by atoms with Gasteiger partial charge in [0.05, 0.1) is 53.2 Å². The molecule has 0 radical (unpaired) electrons. The number of hydrogen-bond acceptors (Lipinski definition) is 6. The van der Waals surface area contributed by atoms with Gasteiger partial charge in [-0.05, 0) is 43.2 Å². The molecule has 7 nitrogen and oxygen atoms in total. The van der Waals surface area contributed by atoms with Crippen LogP contribution in [0.15, 0.2) is 42.6 Å². The van der Waals surface area contributed by atoms with Gasteiger partial charge in [-0.15, -0.1) is 0 Å². The number of nitrogens with zero attached hydrogens (tertiary/aromatic N) is 4. The summed E-state index contributed by atoms with van der Waals surface area (Å²) in [4.78, 5) is 26.4. The molecule has 8 heteroatoms. The van der Waals surface area contributed by atoms with Gasteiger partial charge in [0.1, 0.15) is 0 Å². The minimum atomic E-state index is -0.0550. The van der Waals surface area contributed by atoms with Crippen molar-refractivity contribution in [1.82, 2.24) is 14.9 Å². The predicted molar refractivity (Wildman–Crippen MR) is 130 cm³/mol. The van der Waals surface area contributed by atoms with Crippen LogP contribution in [0.25, 0.3) is 0 Å². The zero-order valence-corrected chi connectivity index (χ0v) is 19.5. The van der Waals surface area contributed by atoms with Gasteiger partial charge in [-0.25, -0.2) is 0 Å². The number of nitrogens with one attached hydrogen (secondary N) is 1. The summed E-state index contributed by atoms with van der Waals surface area (Å²) in [5.74, 6) is 0.477. The molecule has 1 saturated heterocycles. The molecule has 0 bridgehead atoms. The number of carbonyl (C=O) groups is 1. The smallest absolute Gasteiger partial charge is 0.257 e. The van der Waals surface area contributed by atoms with Crippen molar-refractivity contribution in [3.8, 4) is 5.75 Å². The molecule has 1 amide bonds. The van der Waals surface area contributed by atoms with E-state index in [1.807, 2.05) is 24.4 Å². The number of carbonyl (C=O) groups excluding carboxylic acids is 1. The van der Waals surface area contributed by atoms with E-state index in [9.17, 15) is 4.79 Å². The molecule has 2 aromatic heterocycles. The van der Waals surface area contributed by atoms with E-state index in [1.54, 1.807) is 25.1 Å². The van der Waals surface area contributed by atoms with E-state index in [2.05, 4.69) is 27.3 Å². The molecular weight excluding hydrogens is 438 g/mol. The van der Waals surface area contributed by atoms with Crippen LogP contribution in [-0.4, -0.2) is 48.0 Å². The number of rotatable bonds is 6. The Kier molecular flexibility index (Phi) is 5.81. The lowest BCUT2D eigenvalue weighted by atomic mass is 10.1. The Morgan fingerprint density at radius 2 is 1.94 bits per heavy atom. The van der Waals surface area contributed by atoms with Gasteiger partial charge in [-0.3, -0.25) is 14.8 Å². The molecule has 0 saturated carbocycles. The number of para-hydroxylation sites is 1. The summed E-state index contributed by atoms with van der Waals surface area (Å²) >= 11 is 6.30.